The van der Waals surface area contributed by atoms with E-state index in [4.69, 9.17) is 5.26 Å². The Balaban J connectivity index is 1.72. The van der Waals surface area contributed by atoms with Crippen molar-refractivity contribution in [3.05, 3.63) is 59.2 Å². The van der Waals surface area contributed by atoms with E-state index >= 15 is 0 Å². The molecule has 1 heterocycles. The van der Waals surface area contributed by atoms with E-state index in [1.165, 1.54) is 16.8 Å². The Labute approximate surface area is 112 Å². The lowest BCUT2D eigenvalue weighted by atomic mass is 10.1. The lowest BCUT2D eigenvalue weighted by molar-refractivity contribution is 1.11. The second-order valence-corrected chi connectivity index (χ2v) is 4.67. The lowest BCUT2D eigenvalue weighted by Gasteiger charge is -2.11. The van der Waals surface area contributed by atoms with Crippen LogP contribution in [-0.2, 0) is 13.0 Å². The molecule has 94 valence electrons. The van der Waals surface area contributed by atoms with Crippen molar-refractivity contribution in [2.45, 2.75) is 13.0 Å². The number of nitrogens with zero attached hydrogens (tertiary/aromatic N) is 1. The number of benzene rings is 2. The number of nitrogens with one attached hydrogen (secondary N) is 2. The van der Waals surface area contributed by atoms with Crippen molar-refractivity contribution in [2.75, 3.05) is 17.2 Å². The van der Waals surface area contributed by atoms with Gasteiger partial charge in [-0.05, 0) is 41.8 Å². The Morgan fingerprint density at radius 3 is 2.79 bits per heavy atom. The number of para-hydroxylation sites is 1. The summed E-state index contributed by atoms with van der Waals surface area (Å²) in [6.45, 7) is 1.82. The molecule has 0 aromatic heterocycles. The molecule has 0 atom stereocenters. The van der Waals surface area contributed by atoms with Gasteiger partial charge in [0, 0.05) is 24.5 Å². The van der Waals surface area contributed by atoms with Crippen molar-refractivity contribution in [1.82, 2.24) is 0 Å². The number of nitriles is 1. The fraction of sp³-hybridized carbons (Fsp3) is 0.188. The minimum absolute atomic E-state index is 0.688. The highest BCUT2D eigenvalue weighted by atomic mass is 14.9. The monoisotopic (exact) mass is 249 g/mol. The summed E-state index contributed by atoms with van der Waals surface area (Å²) in [5, 5.41) is 15.6. The van der Waals surface area contributed by atoms with Crippen molar-refractivity contribution >= 4 is 11.4 Å². The molecule has 0 spiro atoms. The molecule has 3 nitrogen and oxygen atoms in total. The predicted molar refractivity (Wildman–Crippen MR) is 77.1 cm³/mol. The first-order chi connectivity index (χ1) is 9.36. The molecule has 0 aliphatic carbocycles. The van der Waals surface area contributed by atoms with Crippen LogP contribution in [0.4, 0.5) is 11.4 Å². The molecule has 1 aliphatic heterocycles. The second-order valence-electron chi connectivity index (χ2n) is 4.67. The highest BCUT2D eigenvalue weighted by molar-refractivity contribution is 5.62. The van der Waals surface area contributed by atoms with Crippen LogP contribution in [0.3, 0.4) is 0 Å². The number of hydrogen-bond donors (Lipinski definition) is 2. The third-order valence-corrected chi connectivity index (χ3v) is 3.43. The summed E-state index contributed by atoms with van der Waals surface area (Å²) in [5.74, 6) is 0. The summed E-state index contributed by atoms with van der Waals surface area (Å²) >= 11 is 0. The van der Waals surface area contributed by atoms with E-state index in [0.717, 1.165) is 25.2 Å². The quantitative estimate of drug-likeness (QED) is 0.878. The number of rotatable bonds is 3. The molecule has 2 N–H and O–H groups in total. The lowest BCUT2D eigenvalue weighted by Crippen LogP contribution is -2.03. The van der Waals surface area contributed by atoms with E-state index < -0.39 is 0 Å². The molecule has 19 heavy (non-hydrogen) atoms. The summed E-state index contributed by atoms with van der Waals surface area (Å²) in [7, 11) is 0. The summed E-state index contributed by atoms with van der Waals surface area (Å²) in [6, 6.07) is 16.1. The zero-order chi connectivity index (χ0) is 13.1. The average Bonchev–Trinajstić information content (AvgIpc) is 2.94. The molecule has 0 saturated carbocycles. The molecular formula is C16H15N3. The van der Waals surface area contributed by atoms with Crippen LogP contribution in [0.25, 0.3) is 0 Å². The largest absolute Gasteiger partial charge is 0.384 e. The first kappa shape index (κ1) is 11.6. The van der Waals surface area contributed by atoms with Crippen molar-refractivity contribution in [1.29, 1.82) is 5.26 Å². The van der Waals surface area contributed by atoms with E-state index in [0.29, 0.717) is 5.56 Å². The van der Waals surface area contributed by atoms with Gasteiger partial charge in [0.2, 0.25) is 0 Å². The van der Waals surface area contributed by atoms with Gasteiger partial charge in [0.05, 0.1) is 11.6 Å². The molecule has 0 unspecified atom stereocenters. The SMILES string of the molecule is N#Cc1ccc(NCc2cccc3c2NCC3)cc1. The van der Waals surface area contributed by atoms with Crippen molar-refractivity contribution in [3.8, 4) is 6.07 Å². The Morgan fingerprint density at radius 1 is 1.16 bits per heavy atom. The third-order valence-electron chi connectivity index (χ3n) is 3.43. The third kappa shape index (κ3) is 2.38. The first-order valence-electron chi connectivity index (χ1n) is 6.45. The van der Waals surface area contributed by atoms with E-state index in [1.54, 1.807) is 0 Å². The van der Waals surface area contributed by atoms with Gasteiger partial charge < -0.3 is 10.6 Å². The van der Waals surface area contributed by atoms with Crippen molar-refractivity contribution < 1.29 is 0 Å². The summed E-state index contributed by atoms with van der Waals surface area (Å²) in [6.07, 6.45) is 1.11. The van der Waals surface area contributed by atoms with Gasteiger partial charge in [-0.25, -0.2) is 0 Å². The topological polar surface area (TPSA) is 47.9 Å². The Morgan fingerprint density at radius 2 is 2.00 bits per heavy atom. The maximum Gasteiger partial charge on any atom is 0.0991 e. The summed E-state index contributed by atoms with van der Waals surface area (Å²) in [5.41, 5.74) is 5.70. The number of anilines is 2. The van der Waals surface area contributed by atoms with Crippen molar-refractivity contribution in [3.63, 3.8) is 0 Å². The van der Waals surface area contributed by atoms with Gasteiger partial charge >= 0.3 is 0 Å². The minimum Gasteiger partial charge on any atom is -0.384 e. The Hall–Kier alpha value is -2.47. The maximum atomic E-state index is 8.76. The molecule has 3 rings (SSSR count). The smallest absolute Gasteiger partial charge is 0.0991 e. The molecule has 1 aliphatic rings. The molecule has 0 radical (unpaired) electrons. The normalized spacial score (nSPS) is 12.4. The van der Waals surface area contributed by atoms with Crippen LogP contribution in [0.2, 0.25) is 0 Å². The molecule has 0 amide bonds. The van der Waals surface area contributed by atoms with Gasteiger partial charge in [0.25, 0.3) is 0 Å². The van der Waals surface area contributed by atoms with E-state index in [9.17, 15) is 0 Å². The fourth-order valence-electron chi connectivity index (χ4n) is 2.42. The van der Waals surface area contributed by atoms with Crippen LogP contribution in [0.5, 0.6) is 0 Å². The molecule has 2 aromatic carbocycles. The zero-order valence-corrected chi connectivity index (χ0v) is 10.6. The van der Waals surface area contributed by atoms with E-state index in [2.05, 4.69) is 34.9 Å². The van der Waals surface area contributed by atoms with Gasteiger partial charge in [0.1, 0.15) is 0 Å². The Kier molecular flexibility index (Phi) is 3.07. The van der Waals surface area contributed by atoms with E-state index in [1.807, 2.05) is 24.3 Å². The average molecular weight is 249 g/mol. The molecule has 2 aromatic rings. The predicted octanol–water partition coefficient (Wildman–Crippen LogP) is 3.14. The summed E-state index contributed by atoms with van der Waals surface area (Å²) < 4.78 is 0. The van der Waals surface area contributed by atoms with Crippen LogP contribution < -0.4 is 10.6 Å². The molecule has 3 heteroatoms. The van der Waals surface area contributed by atoms with Gasteiger partial charge in [0.15, 0.2) is 0 Å². The number of fused-ring (bicyclic) bond motifs is 1. The van der Waals surface area contributed by atoms with Gasteiger partial charge in [-0.2, -0.15) is 5.26 Å². The molecular weight excluding hydrogens is 234 g/mol. The van der Waals surface area contributed by atoms with Crippen molar-refractivity contribution in [2.24, 2.45) is 0 Å². The second kappa shape index (κ2) is 5.03. The molecule has 0 fully saturated rings. The van der Waals surface area contributed by atoms with Gasteiger partial charge in [-0.3, -0.25) is 0 Å². The standard InChI is InChI=1S/C16H15N3/c17-10-12-4-6-15(7-5-12)19-11-14-3-1-2-13-8-9-18-16(13)14/h1-7,18-19H,8-9,11H2. The van der Waals surface area contributed by atoms with Crippen LogP contribution in [0, 0.1) is 11.3 Å². The maximum absolute atomic E-state index is 8.76. The summed E-state index contributed by atoms with van der Waals surface area (Å²) in [4.78, 5) is 0. The van der Waals surface area contributed by atoms with Gasteiger partial charge in [-0.15, -0.1) is 0 Å². The van der Waals surface area contributed by atoms with Crippen LogP contribution in [0.1, 0.15) is 16.7 Å². The zero-order valence-electron chi connectivity index (χ0n) is 10.6. The minimum atomic E-state index is 0.688. The molecule has 0 saturated heterocycles. The fourth-order valence-corrected chi connectivity index (χ4v) is 2.42. The van der Waals surface area contributed by atoms with Crippen LogP contribution >= 0.6 is 0 Å². The highest BCUT2D eigenvalue weighted by Crippen LogP contribution is 2.26. The van der Waals surface area contributed by atoms with Crippen LogP contribution in [0.15, 0.2) is 42.5 Å². The Bertz CT molecular complexity index is 623. The van der Waals surface area contributed by atoms with Gasteiger partial charge in [-0.1, -0.05) is 18.2 Å². The molecule has 0 bridgehead atoms. The van der Waals surface area contributed by atoms with E-state index in [-0.39, 0.29) is 0 Å². The number of hydrogen-bond acceptors (Lipinski definition) is 3. The highest BCUT2D eigenvalue weighted by Gasteiger charge is 2.12. The van der Waals surface area contributed by atoms with Crippen LogP contribution in [-0.4, -0.2) is 6.54 Å². The first-order valence-corrected chi connectivity index (χ1v) is 6.45.